The van der Waals surface area contributed by atoms with E-state index in [1.807, 2.05) is 12.1 Å². The van der Waals surface area contributed by atoms with E-state index in [1.165, 1.54) is 0 Å². The van der Waals surface area contributed by atoms with Crippen LogP contribution in [-0.2, 0) is 11.6 Å². The van der Waals surface area contributed by atoms with E-state index in [1.54, 1.807) is 6.07 Å². The van der Waals surface area contributed by atoms with Gasteiger partial charge in [-0.2, -0.15) is 13.2 Å². The lowest BCUT2D eigenvalue weighted by Crippen LogP contribution is -2.10. The van der Waals surface area contributed by atoms with Gasteiger partial charge in [-0.25, -0.2) is 9.37 Å². The Hall–Kier alpha value is -2.37. The lowest BCUT2D eigenvalue weighted by atomic mass is 9.87. The summed E-state index contributed by atoms with van der Waals surface area (Å²) < 4.78 is 57.1. The van der Waals surface area contributed by atoms with Crippen molar-refractivity contribution in [3.63, 3.8) is 0 Å². The molecule has 24 heavy (non-hydrogen) atoms. The highest BCUT2D eigenvalue weighted by atomic mass is 19.4. The van der Waals surface area contributed by atoms with Crippen molar-refractivity contribution in [3.05, 3.63) is 53.3 Å². The minimum atomic E-state index is -4.73. The van der Waals surface area contributed by atoms with Gasteiger partial charge in [0.1, 0.15) is 11.3 Å². The van der Waals surface area contributed by atoms with E-state index in [4.69, 9.17) is 4.42 Å². The maximum Gasteiger partial charge on any atom is 0.419 e. The van der Waals surface area contributed by atoms with Gasteiger partial charge >= 0.3 is 6.18 Å². The summed E-state index contributed by atoms with van der Waals surface area (Å²) in [6.07, 6.45) is -4.73. The van der Waals surface area contributed by atoms with E-state index in [2.05, 4.69) is 25.8 Å². The Kier molecular flexibility index (Phi) is 3.66. The molecule has 2 aromatic carbocycles. The van der Waals surface area contributed by atoms with E-state index in [0.717, 1.165) is 17.7 Å². The lowest BCUT2D eigenvalue weighted by Gasteiger charge is -2.18. The zero-order chi connectivity index (χ0) is 17.7. The van der Waals surface area contributed by atoms with Crippen LogP contribution in [0.25, 0.3) is 22.6 Å². The number of aromatic nitrogens is 1. The molecule has 0 radical (unpaired) electrons. The van der Waals surface area contributed by atoms with E-state index >= 15 is 0 Å². The third kappa shape index (κ3) is 3.00. The first-order valence-electron chi connectivity index (χ1n) is 7.34. The second kappa shape index (κ2) is 5.33. The number of benzene rings is 2. The molecule has 6 heteroatoms. The first-order chi connectivity index (χ1) is 11.1. The molecular weight excluding hydrogens is 322 g/mol. The smallest absolute Gasteiger partial charge is 0.419 e. The van der Waals surface area contributed by atoms with Crippen LogP contribution < -0.4 is 0 Å². The van der Waals surface area contributed by atoms with Gasteiger partial charge in [0.2, 0.25) is 5.89 Å². The average Bonchev–Trinajstić information content (AvgIpc) is 2.87. The Morgan fingerprint density at radius 1 is 0.958 bits per heavy atom. The summed E-state index contributed by atoms with van der Waals surface area (Å²) in [4.78, 5) is 4.28. The largest absolute Gasteiger partial charge is 0.436 e. The fourth-order valence-corrected chi connectivity index (χ4v) is 2.40. The second-order valence-electron chi connectivity index (χ2n) is 6.64. The maximum atomic E-state index is 13.7. The third-order valence-corrected chi connectivity index (χ3v) is 3.78. The Morgan fingerprint density at radius 2 is 1.67 bits per heavy atom. The van der Waals surface area contributed by atoms with Crippen LogP contribution in [0.4, 0.5) is 17.6 Å². The Bertz CT molecular complexity index is 904. The minimum Gasteiger partial charge on any atom is -0.436 e. The van der Waals surface area contributed by atoms with Crippen molar-refractivity contribution in [3.8, 4) is 11.5 Å². The minimum absolute atomic E-state index is 0.0756. The van der Waals surface area contributed by atoms with Gasteiger partial charge in [0, 0.05) is 5.56 Å². The zero-order valence-electron chi connectivity index (χ0n) is 13.3. The number of rotatable bonds is 1. The number of oxazole rings is 1. The first-order valence-corrected chi connectivity index (χ1v) is 7.34. The molecule has 0 N–H and O–H groups in total. The summed E-state index contributed by atoms with van der Waals surface area (Å²) in [6.45, 7) is 6.17. The molecule has 0 fully saturated rings. The van der Waals surface area contributed by atoms with Crippen LogP contribution in [0.2, 0.25) is 0 Å². The van der Waals surface area contributed by atoms with Gasteiger partial charge < -0.3 is 4.42 Å². The van der Waals surface area contributed by atoms with Gasteiger partial charge in [-0.1, -0.05) is 26.8 Å². The molecule has 0 saturated heterocycles. The predicted molar refractivity (Wildman–Crippen MR) is 83.1 cm³/mol. The molecule has 0 bridgehead atoms. The topological polar surface area (TPSA) is 26.0 Å². The molecule has 3 rings (SSSR count). The molecule has 0 aliphatic carbocycles. The van der Waals surface area contributed by atoms with Crippen molar-refractivity contribution < 1.29 is 22.0 Å². The molecule has 0 amide bonds. The van der Waals surface area contributed by atoms with Crippen LogP contribution in [0.3, 0.4) is 0 Å². The van der Waals surface area contributed by atoms with Crippen molar-refractivity contribution in [2.24, 2.45) is 0 Å². The van der Waals surface area contributed by atoms with Gasteiger partial charge in [0.25, 0.3) is 0 Å². The SMILES string of the molecule is CC(C)(C)c1ccc2oc(-c3ccc(C(F)(F)F)c(F)c3)nc2c1. The molecule has 1 aromatic heterocycles. The number of alkyl halides is 3. The van der Waals surface area contributed by atoms with Crippen LogP contribution in [0.5, 0.6) is 0 Å². The normalized spacial score (nSPS) is 12.8. The van der Waals surface area contributed by atoms with Crippen molar-refractivity contribution in [2.75, 3.05) is 0 Å². The second-order valence-corrected chi connectivity index (χ2v) is 6.64. The predicted octanol–water partition coefficient (Wildman–Crippen LogP) is 5.95. The van der Waals surface area contributed by atoms with Crippen molar-refractivity contribution in [2.45, 2.75) is 32.4 Å². The number of fused-ring (bicyclic) bond motifs is 1. The van der Waals surface area contributed by atoms with E-state index in [9.17, 15) is 17.6 Å². The van der Waals surface area contributed by atoms with Crippen LogP contribution >= 0.6 is 0 Å². The maximum absolute atomic E-state index is 13.7. The highest BCUT2D eigenvalue weighted by Crippen LogP contribution is 2.34. The summed E-state index contributed by atoms with van der Waals surface area (Å²) in [5, 5.41) is 0. The lowest BCUT2D eigenvalue weighted by molar-refractivity contribution is -0.139. The van der Waals surface area contributed by atoms with Crippen LogP contribution in [0, 0.1) is 5.82 Å². The fraction of sp³-hybridized carbons (Fsp3) is 0.278. The van der Waals surface area contributed by atoms with E-state index in [0.29, 0.717) is 17.2 Å². The molecule has 2 nitrogen and oxygen atoms in total. The Morgan fingerprint density at radius 3 is 2.25 bits per heavy atom. The number of halogens is 4. The monoisotopic (exact) mass is 337 g/mol. The number of hydrogen-bond donors (Lipinski definition) is 0. The van der Waals surface area contributed by atoms with Crippen molar-refractivity contribution in [1.82, 2.24) is 4.98 Å². The summed E-state index contributed by atoms with van der Waals surface area (Å²) in [5.74, 6) is -1.26. The first kappa shape index (κ1) is 16.5. The average molecular weight is 337 g/mol. The summed E-state index contributed by atoms with van der Waals surface area (Å²) in [6, 6.07) is 8.17. The molecule has 1 heterocycles. The highest BCUT2D eigenvalue weighted by Gasteiger charge is 2.34. The van der Waals surface area contributed by atoms with E-state index in [-0.39, 0.29) is 16.9 Å². The molecule has 0 spiro atoms. The van der Waals surface area contributed by atoms with Crippen molar-refractivity contribution >= 4 is 11.1 Å². The summed E-state index contributed by atoms with van der Waals surface area (Å²) >= 11 is 0. The number of nitrogens with zero attached hydrogens (tertiary/aromatic N) is 1. The summed E-state index contributed by atoms with van der Waals surface area (Å²) in [7, 11) is 0. The molecule has 0 saturated carbocycles. The van der Waals surface area contributed by atoms with Crippen LogP contribution in [0.1, 0.15) is 31.9 Å². The van der Waals surface area contributed by atoms with Gasteiger partial charge in [-0.3, -0.25) is 0 Å². The molecule has 0 aliphatic rings. The van der Waals surface area contributed by atoms with Crippen LogP contribution in [-0.4, -0.2) is 4.98 Å². The van der Waals surface area contributed by atoms with Crippen LogP contribution in [0.15, 0.2) is 40.8 Å². The standard InChI is InChI=1S/C18H15F4NO/c1-17(2,3)11-5-7-15-14(9-11)23-16(24-15)10-4-6-12(13(19)8-10)18(20,21)22/h4-9H,1-3H3. The van der Waals surface area contributed by atoms with Gasteiger partial charge in [0.05, 0.1) is 5.56 Å². The van der Waals surface area contributed by atoms with Gasteiger partial charge in [-0.05, 0) is 41.3 Å². The molecular formula is C18H15F4NO. The molecule has 3 aromatic rings. The zero-order valence-corrected chi connectivity index (χ0v) is 13.3. The number of hydrogen-bond acceptors (Lipinski definition) is 2. The summed E-state index contributed by atoms with van der Waals surface area (Å²) in [5.41, 5.74) is 0.907. The van der Waals surface area contributed by atoms with Gasteiger partial charge in [-0.15, -0.1) is 0 Å². The molecule has 0 unspecified atom stereocenters. The molecule has 126 valence electrons. The quantitative estimate of drug-likeness (QED) is 0.513. The Labute approximate surface area is 136 Å². The molecule has 0 aliphatic heterocycles. The fourth-order valence-electron chi connectivity index (χ4n) is 2.40. The van der Waals surface area contributed by atoms with Gasteiger partial charge in [0.15, 0.2) is 5.58 Å². The highest BCUT2D eigenvalue weighted by molar-refractivity contribution is 5.77. The van der Waals surface area contributed by atoms with Crippen molar-refractivity contribution in [1.29, 1.82) is 0 Å². The third-order valence-electron chi connectivity index (χ3n) is 3.78. The molecule has 0 atom stereocenters. The Balaban J connectivity index is 2.05. The van der Waals surface area contributed by atoms with E-state index < -0.39 is 17.6 Å².